The lowest BCUT2D eigenvalue weighted by Gasteiger charge is -2.36. The normalized spacial score (nSPS) is 17.6. The highest BCUT2D eigenvalue weighted by atomic mass is 16.6. The van der Waals surface area contributed by atoms with Crippen LogP contribution in [0.5, 0.6) is 0 Å². The van der Waals surface area contributed by atoms with Crippen molar-refractivity contribution < 1.29 is 9.22 Å². The number of ether oxygens (including phenoxy) is 1. The molecule has 1 unspecified atom stereocenters. The van der Waals surface area contributed by atoms with Gasteiger partial charge in [-0.25, -0.2) is 0 Å². The van der Waals surface area contributed by atoms with E-state index in [0.29, 0.717) is 6.10 Å². The smallest absolute Gasteiger partial charge is 0.130 e. The molecule has 23 heavy (non-hydrogen) atoms. The first-order valence-electron chi connectivity index (χ1n) is 10.7. The summed E-state index contributed by atoms with van der Waals surface area (Å²) in [5, 5.41) is 0. The maximum Gasteiger partial charge on any atom is 0.130 e. The fraction of sp³-hybridized carbons (Fsp3) is 1.00. The van der Waals surface area contributed by atoms with Crippen molar-refractivity contribution in [2.45, 2.75) is 104 Å². The van der Waals surface area contributed by atoms with Crippen LogP contribution in [0.2, 0.25) is 0 Å². The van der Waals surface area contributed by atoms with Gasteiger partial charge >= 0.3 is 0 Å². The number of quaternary nitrogens is 1. The van der Waals surface area contributed by atoms with Crippen LogP contribution in [0.1, 0.15) is 97.8 Å². The Hall–Kier alpha value is -0.0800. The van der Waals surface area contributed by atoms with Gasteiger partial charge in [0, 0.05) is 0 Å². The molecule has 1 fully saturated rings. The van der Waals surface area contributed by atoms with Crippen LogP contribution in [-0.2, 0) is 4.74 Å². The first-order chi connectivity index (χ1) is 11.3. The highest BCUT2D eigenvalue weighted by Gasteiger charge is 2.34. The third-order valence-electron chi connectivity index (χ3n) is 5.82. The minimum absolute atomic E-state index is 0.576. The molecule has 2 heteroatoms. The molecule has 1 aliphatic heterocycles. The highest BCUT2D eigenvalue weighted by molar-refractivity contribution is 4.68. The van der Waals surface area contributed by atoms with Crippen LogP contribution in [-0.4, -0.2) is 43.4 Å². The van der Waals surface area contributed by atoms with Gasteiger partial charge in [-0.15, -0.1) is 0 Å². The van der Waals surface area contributed by atoms with Crippen molar-refractivity contribution in [3.63, 3.8) is 0 Å². The third kappa shape index (κ3) is 10.4. The molecular formula is C21H44NO+. The highest BCUT2D eigenvalue weighted by Crippen LogP contribution is 2.19. The largest absolute Gasteiger partial charge is 0.367 e. The summed E-state index contributed by atoms with van der Waals surface area (Å²) < 4.78 is 6.75. The molecule has 1 atom stereocenters. The molecule has 0 aromatic rings. The fourth-order valence-corrected chi connectivity index (χ4v) is 3.78. The number of likely N-dealkylation sites (N-methyl/N-ethyl adjacent to an activating group) is 1. The molecular weight excluding hydrogens is 282 g/mol. The van der Waals surface area contributed by atoms with E-state index in [2.05, 4.69) is 20.8 Å². The second-order valence-electron chi connectivity index (χ2n) is 7.72. The summed E-state index contributed by atoms with van der Waals surface area (Å²) in [6, 6.07) is 0. The van der Waals surface area contributed by atoms with Crippen LogP contribution in [0.3, 0.4) is 0 Å². The summed E-state index contributed by atoms with van der Waals surface area (Å²) in [5.74, 6) is 0. The van der Waals surface area contributed by atoms with Crippen LogP contribution in [0.15, 0.2) is 0 Å². The number of unbranched alkanes of at least 4 members (excludes halogenated alkanes) is 11. The summed E-state index contributed by atoms with van der Waals surface area (Å²) in [5.41, 5.74) is 0. The molecule has 138 valence electrons. The van der Waals surface area contributed by atoms with Crippen LogP contribution in [0.4, 0.5) is 0 Å². The number of epoxide rings is 1. The SMILES string of the molecule is CCCCCCCCCCCCCC[N+](CC)(CC)CC1CO1. The van der Waals surface area contributed by atoms with E-state index in [4.69, 9.17) is 4.74 Å². The number of nitrogens with zero attached hydrogens (tertiary/aromatic N) is 1. The average molecular weight is 327 g/mol. The van der Waals surface area contributed by atoms with Crippen molar-refractivity contribution >= 4 is 0 Å². The van der Waals surface area contributed by atoms with Gasteiger partial charge in [0.2, 0.25) is 0 Å². The predicted octanol–water partition coefficient (Wildman–Crippen LogP) is 5.94. The van der Waals surface area contributed by atoms with Gasteiger partial charge in [0.05, 0.1) is 26.2 Å². The van der Waals surface area contributed by atoms with Gasteiger partial charge in [0.15, 0.2) is 0 Å². The Labute approximate surface area is 146 Å². The molecule has 1 heterocycles. The monoisotopic (exact) mass is 326 g/mol. The molecule has 1 rings (SSSR count). The Morgan fingerprint density at radius 1 is 0.696 bits per heavy atom. The van der Waals surface area contributed by atoms with E-state index in [9.17, 15) is 0 Å². The second-order valence-corrected chi connectivity index (χ2v) is 7.72. The molecule has 0 aliphatic carbocycles. The Bertz CT molecular complexity index is 259. The van der Waals surface area contributed by atoms with Gasteiger partial charge < -0.3 is 9.22 Å². The molecule has 0 N–H and O–H groups in total. The minimum Gasteiger partial charge on any atom is -0.367 e. The predicted molar refractivity (Wildman–Crippen MR) is 102 cm³/mol. The van der Waals surface area contributed by atoms with Crippen molar-refractivity contribution in [2.75, 3.05) is 32.8 Å². The number of rotatable bonds is 17. The summed E-state index contributed by atoms with van der Waals surface area (Å²) in [4.78, 5) is 0. The zero-order valence-corrected chi connectivity index (χ0v) is 16.5. The molecule has 0 amide bonds. The Morgan fingerprint density at radius 3 is 1.52 bits per heavy atom. The Balaban J connectivity index is 1.89. The van der Waals surface area contributed by atoms with Crippen LogP contribution in [0, 0.1) is 0 Å². The fourth-order valence-electron chi connectivity index (χ4n) is 3.78. The van der Waals surface area contributed by atoms with E-state index in [1.54, 1.807) is 0 Å². The summed E-state index contributed by atoms with van der Waals surface area (Å²) in [6.45, 7) is 13.2. The summed E-state index contributed by atoms with van der Waals surface area (Å²) in [6.07, 6.45) is 17.9. The molecule has 0 aromatic heterocycles. The van der Waals surface area contributed by atoms with Gasteiger partial charge in [0.25, 0.3) is 0 Å². The Kier molecular flexibility index (Phi) is 12.1. The first kappa shape index (κ1) is 21.0. The van der Waals surface area contributed by atoms with E-state index >= 15 is 0 Å². The van der Waals surface area contributed by atoms with Crippen LogP contribution in [0.25, 0.3) is 0 Å². The zero-order valence-electron chi connectivity index (χ0n) is 16.5. The maximum absolute atomic E-state index is 5.47. The van der Waals surface area contributed by atoms with Gasteiger partial charge in [-0.3, -0.25) is 0 Å². The number of hydrogen-bond donors (Lipinski definition) is 0. The van der Waals surface area contributed by atoms with Crippen LogP contribution < -0.4 is 0 Å². The number of hydrogen-bond acceptors (Lipinski definition) is 1. The van der Waals surface area contributed by atoms with Crippen LogP contribution >= 0.6 is 0 Å². The molecule has 0 radical (unpaired) electrons. The van der Waals surface area contributed by atoms with E-state index in [1.807, 2.05) is 0 Å². The molecule has 1 saturated heterocycles. The lowest BCUT2D eigenvalue weighted by Crippen LogP contribution is -2.50. The van der Waals surface area contributed by atoms with Crippen molar-refractivity contribution in [1.82, 2.24) is 0 Å². The molecule has 0 aromatic carbocycles. The van der Waals surface area contributed by atoms with Gasteiger partial charge in [-0.05, 0) is 26.7 Å². The molecule has 0 bridgehead atoms. The van der Waals surface area contributed by atoms with Gasteiger partial charge in [-0.2, -0.15) is 0 Å². The second kappa shape index (κ2) is 13.2. The molecule has 1 aliphatic rings. The Morgan fingerprint density at radius 2 is 1.13 bits per heavy atom. The third-order valence-corrected chi connectivity index (χ3v) is 5.82. The quantitative estimate of drug-likeness (QED) is 0.183. The molecule has 0 saturated carbocycles. The summed E-state index contributed by atoms with van der Waals surface area (Å²) >= 11 is 0. The summed E-state index contributed by atoms with van der Waals surface area (Å²) in [7, 11) is 0. The maximum atomic E-state index is 5.47. The van der Waals surface area contributed by atoms with Crippen molar-refractivity contribution in [1.29, 1.82) is 0 Å². The van der Waals surface area contributed by atoms with E-state index in [1.165, 1.54) is 108 Å². The zero-order chi connectivity index (χ0) is 16.8. The molecule has 2 nitrogen and oxygen atoms in total. The van der Waals surface area contributed by atoms with E-state index in [0.717, 1.165) is 6.61 Å². The molecule has 0 spiro atoms. The average Bonchev–Trinajstić information content (AvgIpc) is 3.38. The van der Waals surface area contributed by atoms with Gasteiger partial charge in [0.1, 0.15) is 12.6 Å². The van der Waals surface area contributed by atoms with Crippen molar-refractivity contribution in [3.05, 3.63) is 0 Å². The van der Waals surface area contributed by atoms with Crippen molar-refractivity contribution in [3.8, 4) is 0 Å². The van der Waals surface area contributed by atoms with E-state index < -0.39 is 0 Å². The van der Waals surface area contributed by atoms with E-state index in [-0.39, 0.29) is 0 Å². The minimum atomic E-state index is 0.576. The lowest BCUT2D eigenvalue weighted by atomic mass is 10.0. The first-order valence-corrected chi connectivity index (χ1v) is 10.7. The van der Waals surface area contributed by atoms with Crippen molar-refractivity contribution in [2.24, 2.45) is 0 Å². The standard InChI is InChI=1S/C21H44NO/c1-4-7-8-9-10-11-12-13-14-15-16-17-18-22(5-2,6-3)19-21-20-23-21/h21H,4-20H2,1-3H3/q+1. The topological polar surface area (TPSA) is 12.5 Å². The lowest BCUT2D eigenvalue weighted by molar-refractivity contribution is -0.925. The van der Waals surface area contributed by atoms with Gasteiger partial charge in [-0.1, -0.05) is 71.1 Å².